The molecule has 0 N–H and O–H groups in total. The highest BCUT2D eigenvalue weighted by Crippen LogP contribution is 2.28. The smallest absolute Gasteiger partial charge is 0.133 e. The van der Waals surface area contributed by atoms with Crippen LogP contribution in [0.1, 0.15) is 25.7 Å². The van der Waals surface area contributed by atoms with Crippen LogP contribution >= 0.6 is 0 Å². The minimum Gasteiger partial charge on any atom is -0.367 e. The van der Waals surface area contributed by atoms with E-state index in [2.05, 4.69) is 0 Å². The van der Waals surface area contributed by atoms with E-state index in [1.807, 2.05) is 6.07 Å². The highest BCUT2D eigenvalue weighted by molar-refractivity contribution is 4.70. The van der Waals surface area contributed by atoms with Crippen LogP contribution in [-0.2, 0) is 4.74 Å². The lowest BCUT2D eigenvalue weighted by Gasteiger charge is -2.24. The van der Waals surface area contributed by atoms with E-state index in [4.69, 9.17) is 10.00 Å². The van der Waals surface area contributed by atoms with Gasteiger partial charge in [-0.2, -0.15) is 5.26 Å². The molecule has 0 spiro atoms. The molecule has 1 saturated carbocycles. The molecule has 0 heterocycles. The molecule has 1 aliphatic rings. The maximum Gasteiger partial charge on any atom is 0.133 e. The Labute approximate surface area is 61.8 Å². The normalized spacial score (nSPS) is 17.9. The molecule has 0 atom stereocenters. The van der Waals surface area contributed by atoms with Crippen molar-refractivity contribution in [3.8, 4) is 6.07 Å². The van der Waals surface area contributed by atoms with Gasteiger partial charge in [0.25, 0.3) is 0 Å². The Morgan fingerprint density at radius 2 is 2.30 bits per heavy atom. The van der Waals surface area contributed by atoms with E-state index in [1.54, 1.807) is 0 Å². The van der Waals surface area contributed by atoms with Crippen LogP contribution < -0.4 is 0 Å². The van der Waals surface area contributed by atoms with Crippen molar-refractivity contribution in [3.63, 3.8) is 0 Å². The largest absolute Gasteiger partial charge is 0.367 e. The number of nitrogens with zero attached hydrogens (tertiary/aromatic N) is 1. The standard InChI is InChI=1S/C8H13NO/c9-5-7-10-6-4-8-2-1-3-8/h8H,1-4,6-7H2. The fraction of sp³-hybridized carbons (Fsp3) is 0.875. The molecular weight excluding hydrogens is 126 g/mol. The third kappa shape index (κ3) is 2.36. The van der Waals surface area contributed by atoms with Gasteiger partial charge >= 0.3 is 0 Å². The minimum atomic E-state index is 0.257. The Balaban J connectivity index is 1.81. The van der Waals surface area contributed by atoms with E-state index in [0.29, 0.717) is 0 Å². The van der Waals surface area contributed by atoms with Gasteiger partial charge in [0, 0.05) is 6.61 Å². The van der Waals surface area contributed by atoms with Crippen molar-refractivity contribution >= 4 is 0 Å². The predicted octanol–water partition coefficient (Wildman–Crippen LogP) is 1.72. The fourth-order valence-electron chi connectivity index (χ4n) is 1.15. The Bertz CT molecular complexity index is 124. The van der Waals surface area contributed by atoms with Crippen molar-refractivity contribution in [1.82, 2.24) is 0 Å². The van der Waals surface area contributed by atoms with Gasteiger partial charge in [-0.1, -0.05) is 19.3 Å². The summed E-state index contributed by atoms with van der Waals surface area (Å²) in [6.07, 6.45) is 5.29. The van der Waals surface area contributed by atoms with Gasteiger partial charge in [0.2, 0.25) is 0 Å². The molecule has 0 aliphatic heterocycles. The first-order valence-corrected chi connectivity index (χ1v) is 3.88. The number of ether oxygens (including phenoxy) is 1. The SMILES string of the molecule is N#CCOCCC1CCC1. The van der Waals surface area contributed by atoms with Crippen LogP contribution in [0.3, 0.4) is 0 Å². The molecule has 1 fully saturated rings. The van der Waals surface area contributed by atoms with Gasteiger partial charge in [0.1, 0.15) is 6.61 Å². The Hall–Kier alpha value is -0.550. The molecule has 0 amide bonds. The summed E-state index contributed by atoms with van der Waals surface area (Å²) < 4.78 is 5.03. The third-order valence-corrected chi connectivity index (χ3v) is 2.06. The van der Waals surface area contributed by atoms with Crippen LogP contribution in [0.15, 0.2) is 0 Å². The first kappa shape index (κ1) is 7.56. The van der Waals surface area contributed by atoms with Gasteiger partial charge in [0.05, 0.1) is 6.07 Å². The van der Waals surface area contributed by atoms with Crippen molar-refractivity contribution in [1.29, 1.82) is 5.26 Å². The topological polar surface area (TPSA) is 33.0 Å². The molecule has 0 aromatic heterocycles. The highest BCUT2D eigenvalue weighted by Gasteiger charge is 2.16. The molecule has 0 bridgehead atoms. The van der Waals surface area contributed by atoms with Gasteiger partial charge < -0.3 is 4.74 Å². The Morgan fingerprint density at radius 3 is 2.80 bits per heavy atom. The number of hydrogen-bond acceptors (Lipinski definition) is 2. The van der Waals surface area contributed by atoms with Gasteiger partial charge in [-0.3, -0.25) is 0 Å². The van der Waals surface area contributed by atoms with Crippen molar-refractivity contribution < 1.29 is 4.74 Å². The van der Waals surface area contributed by atoms with Gasteiger partial charge in [0.15, 0.2) is 0 Å². The maximum absolute atomic E-state index is 8.13. The zero-order valence-corrected chi connectivity index (χ0v) is 6.18. The second kappa shape index (κ2) is 4.29. The van der Waals surface area contributed by atoms with Crippen molar-refractivity contribution in [2.75, 3.05) is 13.2 Å². The van der Waals surface area contributed by atoms with Gasteiger partial charge in [-0.05, 0) is 12.3 Å². The molecule has 0 aromatic carbocycles. The second-order valence-corrected chi connectivity index (χ2v) is 2.80. The molecule has 0 radical (unpaired) electrons. The summed E-state index contributed by atoms with van der Waals surface area (Å²) in [5.41, 5.74) is 0. The van der Waals surface area contributed by atoms with Gasteiger partial charge in [-0.25, -0.2) is 0 Å². The zero-order chi connectivity index (χ0) is 7.23. The molecule has 2 heteroatoms. The van der Waals surface area contributed by atoms with E-state index in [9.17, 15) is 0 Å². The summed E-state index contributed by atoms with van der Waals surface area (Å²) in [6, 6.07) is 1.96. The number of rotatable bonds is 4. The lowest BCUT2D eigenvalue weighted by molar-refractivity contribution is 0.131. The van der Waals surface area contributed by atoms with Crippen LogP contribution in [0, 0.1) is 17.2 Å². The molecule has 0 unspecified atom stereocenters. The average Bonchev–Trinajstić information content (AvgIpc) is 1.84. The van der Waals surface area contributed by atoms with E-state index in [0.717, 1.165) is 18.9 Å². The Kier molecular flexibility index (Phi) is 3.25. The van der Waals surface area contributed by atoms with Gasteiger partial charge in [-0.15, -0.1) is 0 Å². The molecule has 2 nitrogen and oxygen atoms in total. The molecule has 0 aromatic rings. The predicted molar refractivity (Wildman–Crippen MR) is 38.4 cm³/mol. The van der Waals surface area contributed by atoms with Crippen LogP contribution in [-0.4, -0.2) is 13.2 Å². The molecule has 56 valence electrons. The van der Waals surface area contributed by atoms with E-state index < -0.39 is 0 Å². The van der Waals surface area contributed by atoms with E-state index in [1.165, 1.54) is 19.3 Å². The highest BCUT2D eigenvalue weighted by atomic mass is 16.5. The second-order valence-electron chi connectivity index (χ2n) is 2.80. The summed E-state index contributed by atoms with van der Waals surface area (Å²) in [7, 11) is 0. The average molecular weight is 139 g/mol. The lowest BCUT2D eigenvalue weighted by Crippen LogP contribution is -2.13. The maximum atomic E-state index is 8.13. The van der Waals surface area contributed by atoms with Crippen LogP contribution in [0.2, 0.25) is 0 Å². The molecule has 10 heavy (non-hydrogen) atoms. The third-order valence-electron chi connectivity index (χ3n) is 2.06. The molecule has 0 saturated heterocycles. The monoisotopic (exact) mass is 139 g/mol. The zero-order valence-electron chi connectivity index (χ0n) is 6.18. The van der Waals surface area contributed by atoms with Crippen LogP contribution in [0.4, 0.5) is 0 Å². The summed E-state index contributed by atoms with van der Waals surface area (Å²) in [5.74, 6) is 0.902. The summed E-state index contributed by atoms with van der Waals surface area (Å²) >= 11 is 0. The van der Waals surface area contributed by atoms with Crippen LogP contribution in [0.25, 0.3) is 0 Å². The fourth-order valence-corrected chi connectivity index (χ4v) is 1.15. The van der Waals surface area contributed by atoms with E-state index in [-0.39, 0.29) is 6.61 Å². The molecule has 1 rings (SSSR count). The summed E-state index contributed by atoms with van der Waals surface area (Å²) in [5, 5.41) is 8.13. The number of hydrogen-bond donors (Lipinski definition) is 0. The molecule has 1 aliphatic carbocycles. The Morgan fingerprint density at radius 1 is 1.50 bits per heavy atom. The first-order chi connectivity index (χ1) is 4.93. The lowest BCUT2D eigenvalue weighted by atomic mass is 9.83. The summed E-state index contributed by atoms with van der Waals surface area (Å²) in [4.78, 5) is 0. The number of nitriles is 1. The first-order valence-electron chi connectivity index (χ1n) is 3.88. The van der Waals surface area contributed by atoms with Crippen molar-refractivity contribution in [3.05, 3.63) is 0 Å². The summed E-state index contributed by atoms with van der Waals surface area (Å²) in [6.45, 7) is 1.03. The molecular formula is C8H13NO. The minimum absolute atomic E-state index is 0.257. The van der Waals surface area contributed by atoms with Crippen molar-refractivity contribution in [2.45, 2.75) is 25.7 Å². The van der Waals surface area contributed by atoms with Crippen molar-refractivity contribution in [2.24, 2.45) is 5.92 Å². The van der Waals surface area contributed by atoms with Crippen LogP contribution in [0.5, 0.6) is 0 Å². The quantitative estimate of drug-likeness (QED) is 0.555. The van der Waals surface area contributed by atoms with E-state index >= 15 is 0 Å².